The normalized spacial score (nSPS) is 11.7. The highest BCUT2D eigenvalue weighted by molar-refractivity contribution is 5.87. The molecule has 0 aromatic heterocycles. The minimum Gasteiger partial charge on any atom is -0.480 e. The number of rotatable bonds is 8. The van der Waals surface area contributed by atoms with E-state index in [-0.39, 0.29) is 0 Å². The number of primary amides is 1. The van der Waals surface area contributed by atoms with Crippen molar-refractivity contribution in [2.24, 2.45) is 5.73 Å². The van der Waals surface area contributed by atoms with Crippen LogP contribution in [-0.2, 0) is 9.59 Å². The number of urea groups is 1. The van der Waals surface area contributed by atoms with Gasteiger partial charge in [-0.3, -0.25) is 4.79 Å². The van der Waals surface area contributed by atoms with Crippen molar-refractivity contribution in [2.75, 3.05) is 27.2 Å². The highest BCUT2D eigenvalue weighted by Crippen LogP contribution is 1.95. The van der Waals surface area contributed by atoms with Crippen LogP contribution in [0.1, 0.15) is 12.8 Å². The smallest absolute Gasteiger partial charge is 0.326 e. The number of nitrogens with zero attached hydrogens (tertiary/aromatic N) is 1. The van der Waals surface area contributed by atoms with Gasteiger partial charge in [-0.1, -0.05) is 0 Å². The van der Waals surface area contributed by atoms with Crippen molar-refractivity contribution in [1.29, 1.82) is 0 Å². The monoisotopic (exact) mass is 260 g/mol. The maximum absolute atomic E-state index is 11.6. The lowest BCUT2D eigenvalue weighted by Crippen LogP contribution is -2.48. The number of hydrogen-bond donors (Lipinski definition) is 4. The van der Waals surface area contributed by atoms with E-state index in [0.717, 1.165) is 13.0 Å². The summed E-state index contributed by atoms with van der Waals surface area (Å²) in [5, 5.41) is 14.0. The molecule has 0 aliphatic rings. The molecule has 3 amide bonds. The highest BCUT2D eigenvalue weighted by atomic mass is 16.4. The molecule has 104 valence electrons. The maximum atomic E-state index is 11.6. The number of amides is 3. The average molecular weight is 260 g/mol. The third-order valence-electron chi connectivity index (χ3n) is 2.27. The first kappa shape index (κ1) is 16.2. The van der Waals surface area contributed by atoms with E-state index in [1.54, 1.807) is 14.1 Å². The van der Waals surface area contributed by atoms with Gasteiger partial charge in [0.1, 0.15) is 6.04 Å². The summed E-state index contributed by atoms with van der Waals surface area (Å²) in [6, 6.07) is -1.83. The fraction of sp³-hybridized carbons (Fsp3) is 0.700. The van der Waals surface area contributed by atoms with Crippen molar-refractivity contribution < 1.29 is 19.5 Å². The summed E-state index contributed by atoms with van der Waals surface area (Å²) >= 11 is 0. The Morgan fingerprint density at radius 3 is 2.44 bits per heavy atom. The number of aliphatic carboxylic acids is 1. The molecule has 0 fully saturated rings. The van der Waals surface area contributed by atoms with Crippen molar-refractivity contribution in [3.63, 3.8) is 0 Å². The maximum Gasteiger partial charge on any atom is 0.326 e. The van der Waals surface area contributed by atoms with Crippen LogP contribution in [0.4, 0.5) is 4.79 Å². The Labute approximate surface area is 106 Å². The first-order valence-electron chi connectivity index (χ1n) is 5.55. The number of nitrogens with one attached hydrogen (secondary N) is 2. The van der Waals surface area contributed by atoms with E-state index in [9.17, 15) is 14.4 Å². The molecule has 0 aliphatic carbocycles. The summed E-state index contributed by atoms with van der Waals surface area (Å²) < 4.78 is 0. The second kappa shape index (κ2) is 8.29. The molecule has 0 rings (SSSR count). The van der Waals surface area contributed by atoms with Crippen molar-refractivity contribution in [2.45, 2.75) is 18.9 Å². The Balaban J connectivity index is 4.23. The Hall–Kier alpha value is -1.83. The molecule has 8 nitrogen and oxygen atoms in total. The number of nitrogens with two attached hydrogens (primary N) is 1. The fourth-order valence-corrected chi connectivity index (χ4v) is 1.26. The molecule has 0 aromatic rings. The minimum atomic E-state index is -1.29. The van der Waals surface area contributed by atoms with Crippen molar-refractivity contribution >= 4 is 17.9 Å². The van der Waals surface area contributed by atoms with Crippen molar-refractivity contribution in [1.82, 2.24) is 15.5 Å². The lowest BCUT2D eigenvalue weighted by atomic mass is 10.2. The fourth-order valence-electron chi connectivity index (χ4n) is 1.26. The SMILES string of the molecule is CNCCCN(C)C(=O)NC(CC(N)=O)C(=O)O. The van der Waals surface area contributed by atoms with E-state index in [4.69, 9.17) is 10.8 Å². The quantitative estimate of drug-likeness (QED) is 0.398. The van der Waals surface area contributed by atoms with Gasteiger partial charge < -0.3 is 26.4 Å². The van der Waals surface area contributed by atoms with Crippen molar-refractivity contribution in [3.8, 4) is 0 Å². The van der Waals surface area contributed by atoms with Gasteiger partial charge in [-0.15, -0.1) is 0 Å². The topological polar surface area (TPSA) is 125 Å². The van der Waals surface area contributed by atoms with Crippen LogP contribution in [0.25, 0.3) is 0 Å². The van der Waals surface area contributed by atoms with Crippen LogP contribution < -0.4 is 16.4 Å². The Morgan fingerprint density at radius 1 is 1.39 bits per heavy atom. The summed E-state index contributed by atoms with van der Waals surface area (Å²) in [4.78, 5) is 34.4. The summed E-state index contributed by atoms with van der Waals surface area (Å²) in [7, 11) is 3.35. The molecule has 0 bridgehead atoms. The summed E-state index contributed by atoms with van der Waals surface area (Å²) in [5.74, 6) is -2.06. The average Bonchev–Trinajstić information content (AvgIpc) is 2.27. The summed E-state index contributed by atoms with van der Waals surface area (Å²) in [5.41, 5.74) is 4.91. The van der Waals surface area contributed by atoms with Gasteiger partial charge in [0.25, 0.3) is 0 Å². The van der Waals surface area contributed by atoms with E-state index in [1.165, 1.54) is 4.90 Å². The van der Waals surface area contributed by atoms with Crippen LogP contribution in [0.3, 0.4) is 0 Å². The number of hydrogen-bond acceptors (Lipinski definition) is 4. The van der Waals surface area contributed by atoms with E-state index in [2.05, 4.69) is 10.6 Å². The predicted octanol–water partition coefficient (Wildman–Crippen LogP) is -1.43. The lowest BCUT2D eigenvalue weighted by Gasteiger charge is -2.20. The molecule has 18 heavy (non-hydrogen) atoms. The lowest BCUT2D eigenvalue weighted by molar-refractivity contribution is -0.140. The first-order valence-corrected chi connectivity index (χ1v) is 5.55. The van der Waals surface area contributed by atoms with Crippen LogP contribution in [0.15, 0.2) is 0 Å². The molecule has 8 heteroatoms. The van der Waals surface area contributed by atoms with Gasteiger partial charge in [0, 0.05) is 13.6 Å². The molecule has 1 atom stereocenters. The van der Waals surface area contributed by atoms with Gasteiger partial charge in [0.15, 0.2) is 0 Å². The zero-order chi connectivity index (χ0) is 14.1. The van der Waals surface area contributed by atoms with Gasteiger partial charge in [-0.25, -0.2) is 9.59 Å². The first-order chi connectivity index (χ1) is 8.38. The molecule has 1 unspecified atom stereocenters. The predicted molar refractivity (Wildman–Crippen MR) is 64.9 cm³/mol. The third-order valence-corrected chi connectivity index (χ3v) is 2.27. The minimum absolute atomic E-state index is 0.425. The number of carbonyl (C=O) groups excluding carboxylic acids is 2. The Morgan fingerprint density at radius 2 is 2.00 bits per heavy atom. The zero-order valence-electron chi connectivity index (χ0n) is 10.6. The van der Waals surface area contributed by atoms with Crippen LogP contribution in [0.5, 0.6) is 0 Å². The van der Waals surface area contributed by atoms with Gasteiger partial charge in [0.05, 0.1) is 6.42 Å². The molecule has 0 spiro atoms. The van der Waals surface area contributed by atoms with E-state index in [1.807, 2.05) is 0 Å². The molecule has 5 N–H and O–H groups in total. The molecule has 0 saturated carbocycles. The molecule has 0 radical (unpaired) electrons. The number of carboxylic acid groups (broad SMARTS) is 1. The molecular weight excluding hydrogens is 240 g/mol. The standard InChI is InChI=1S/C10H20N4O4/c1-12-4-3-5-14(2)10(18)13-7(9(16)17)6-8(11)15/h7,12H,3-6H2,1-2H3,(H2,11,15)(H,13,18)(H,16,17). The number of carboxylic acids is 1. The van der Waals surface area contributed by atoms with E-state index < -0.39 is 30.4 Å². The van der Waals surface area contributed by atoms with Gasteiger partial charge >= 0.3 is 12.0 Å². The molecule has 0 heterocycles. The van der Waals surface area contributed by atoms with Gasteiger partial charge in [-0.2, -0.15) is 0 Å². The molecule has 0 aromatic carbocycles. The van der Waals surface area contributed by atoms with Crippen molar-refractivity contribution in [3.05, 3.63) is 0 Å². The second-order valence-corrected chi connectivity index (χ2v) is 3.89. The number of carbonyl (C=O) groups is 3. The van der Waals surface area contributed by atoms with Crippen LogP contribution in [0, 0.1) is 0 Å². The highest BCUT2D eigenvalue weighted by Gasteiger charge is 2.23. The van der Waals surface area contributed by atoms with E-state index in [0.29, 0.717) is 6.54 Å². The molecule has 0 saturated heterocycles. The molecule has 0 aliphatic heterocycles. The zero-order valence-corrected chi connectivity index (χ0v) is 10.6. The second-order valence-electron chi connectivity index (χ2n) is 3.89. The van der Waals surface area contributed by atoms with Crippen LogP contribution in [0.2, 0.25) is 0 Å². The summed E-state index contributed by atoms with van der Waals surface area (Å²) in [6.45, 7) is 1.23. The largest absolute Gasteiger partial charge is 0.480 e. The Kier molecular flexibility index (Phi) is 7.45. The van der Waals surface area contributed by atoms with Gasteiger partial charge in [0.2, 0.25) is 5.91 Å². The molecular formula is C10H20N4O4. The Bertz CT molecular complexity index is 308. The van der Waals surface area contributed by atoms with Crippen LogP contribution in [-0.4, -0.2) is 61.1 Å². The van der Waals surface area contributed by atoms with E-state index >= 15 is 0 Å². The van der Waals surface area contributed by atoms with Gasteiger partial charge in [-0.05, 0) is 20.0 Å². The summed E-state index contributed by atoms with van der Waals surface area (Å²) in [6.07, 6.45) is 0.319. The third kappa shape index (κ3) is 6.69. The van der Waals surface area contributed by atoms with Crippen LogP contribution >= 0.6 is 0 Å².